The molecule has 0 aliphatic carbocycles. The van der Waals surface area contributed by atoms with Gasteiger partial charge in [-0.2, -0.15) is 13.2 Å². The Kier molecular flexibility index (Phi) is 5.94. The van der Waals surface area contributed by atoms with E-state index in [1.54, 1.807) is 18.5 Å². The van der Waals surface area contributed by atoms with Crippen molar-refractivity contribution < 1.29 is 22.7 Å². The minimum Gasteiger partial charge on any atom is -0.379 e. The third-order valence-electron chi connectivity index (χ3n) is 9.11. The number of piperazine rings is 1. The Morgan fingerprint density at radius 1 is 1.10 bits per heavy atom. The number of ether oxygens (including phenoxy) is 1. The van der Waals surface area contributed by atoms with Crippen molar-refractivity contribution in [1.29, 1.82) is 0 Å². The first-order chi connectivity index (χ1) is 19.2. The molecule has 4 aliphatic rings. The quantitative estimate of drug-likeness (QED) is 0.480. The third kappa shape index (κ3) is 4.17. The molecule has 7 rings (SSSR count). The van der Waals surface area contributed by atoms with Crippen molar-refractivity contribution in [2.45, 2.75) is 43.4 Å². The van der Waals surface area contributed by atoms with Gasteiger partial charge in [-0.05, 0) is 54.8 Å². The number of carbonyl (C=O) groups is 1. The minimum absolute atomic E-state index is 0.0481. The number of anilines is 2. The number of rotatable bonds is 5. The first kappa shape index (κ1) is 25.5. The summed E-state index contributed by atoms with van der Waals surface area (Å²) in [5.74, 6) is 0.422. The zero-order valence-electron chi connectivity index (χ0n) is 22.3. The molecule has 0 N–H and O–H groups in total. The monoisotopic (exact) mass is 552 g/mol. The first-order valence-electron chi connectivity index (χ1n) is 13.8. The first-order valence-corrected chi connectivity index (χ1v) is 13.8. The van der Waals surface area contributed by atoms with Gasteiger partial charge in [0.15, 0.2) is 0 Å². The van der Waals surface area contributed by atoms with Crippen LogP contribution in [0.5, 0.6) is 0 Å². The molecular weight excluding hydrogens is 521 g/mol. The number of halogens is 3. The van der Waals surface area contributed by atoms with Crippen LogP contribution in [0.25, 0.3) is 0 Å². The average Bonchev–Trinajstić information content (AvgIpc) is 3.63. The van der Waals surface area contributed by atoms with Gasteiger partial charge in [0, 0.05) is 61.5 Å². The van der Waals surface area contributed by atoms with Crippen LogP contribution < -0.4 is 9.80 Å². The summed E-state index contributed by atoms with van der Waals surface area (Å²) in [6, 6.07) is 10.8. The lowest BCUT2D eigenvalue weighted by Crippen LogP contribution is -2.50. The van der Waals surface area contributed by atoms with Gasteiger partial charge in [0.1, 0.15) is 12.2 Å². The van der Waals surface area contributed by atoms with Crippen LogP contribution in [-0.2, 0) is 36.3 Å². The molecule has 0 radical (unpaired) electrons. The maximum absolute atomic E-state index is 14.4. The van der Waals surface area contributed by atoms with E-state index in [2.05, 4.69) is 15.1 Å². The summed E-state index contributed by atoms with van der Waals surface area (Å²) in [6.07, 6.45) is -0.123. The van der Waals surface area contributed by atoms with Crippen molar-refractivity contribution >= 4 is 17.3 Å². The molecule has 1 amide bonds. The van der Waals surface area contributed by atoms with Crippen LogP contribution in [0.1, 0.15) is 45.7 Å². The third-order valence-corrected chi connectivity index (χ3v) is 9.11. The second-order valence-corrected chi connectivity index (χ2v) is 11.5. The molecule has 5 heterocycles. The molecule has 0 bridgehead atoms. The van der Waals surface area contributed by atoms with Crippen LogP contribution in [-0.4, -0.2) is 71.0 Å². The van der Waals surface area contributed by atoms with Crippen LogP contribution in [0.2, 0.25) is 0 Å². The Hall–Kier alpha value is -3.44. The fourth-order valence-corrected chi connectivity index (χ4v) is 6.76. The molecular formula is C29H31F3N6O2. The molecule has 210 valence electrons. The zero-order chi connectivity index (χ0) is 27.6. The summed E-state index contributed by atoms with van der Waals surface area (Å²) in [4.78, 5) is 19.6. The number of amides is 1. The number of aromatic nitrogens is 3. The molecule has 0 unspecified atom stereocenters. The molecule has 4 aliphatic heterocycles. The van der Waals surface area contributed by atoms with Gasteiger partial charge in [0.25, 0.3) is 5.91 Å². The van der Waals surface area contributed by atoms with Gasteiger partial charge in [0.05, 0.1) is 25.3 Å². The lowest BCUT2D eigenvalue weighted by atomic mass is 9.75. The van der Waals surface area contributed by atoms with Gasteiger partial charge >= 0.3 is 6.18 Å². The summed E-state index contributed by atoms with van der Waals surface area (Å²) in [5, 5.41) is 8.20. The van der Waals surface area contributed by atoms with Gasteiger partial charge in [-0.3, -0.25) is 9.69 Å². The van der Waals surface area contributed by atoms with Crippen molar-refractivity contribution in [1.82, 2.24) is 19.7 Å². The second kappa shape index (κ2) is 9.31. The van der Waals surface area contributed by atoms with E-state index < -0.39 is 17.6 Å². The van der Waals surface area contributed by atoms with Crippen LogP contribution in [0.3, 0.4) is 0 Å². The largest absolute Gasteiger partial charge is 0.416 e. The van der Waals surface area contributed by atoms with Crippen molar-refractivity contribution in [2.75, 3.05) is 49.2 Å². The summed E-state index contributed by atoms with van der Waals surface area (Å²) in [6.45, 7) is 4.09. The van der Waals surface area contributed by atoms with Gasteiger partial charge in [-0.1, -0.05) is 12.1 Å². The molecule has 0 spiro atoms. The highest BCUT2D eigenvalue weighted by molar-refractivity contribution is 6.11. The minimum atomic E-state index is -4.56. The predicted molar refractivity (Wildman–Crippen MR) is 142 cm³/mol. The molecule has 1 atom stereocenters. The number of fused-ring (bicyclic) bond motifs is 2. The molecule has 1 aromatic heterocycles. The molecule has 2 aromatic carbocycles. The molecule has 8 nitrogen and oxygen atoms in total. The SMILES string of the molecule is Cn1cnnc1CC1(c2cccc(N3Cc4c(cc(N5CCN6CCC[C@@H]6C5)cc4C(F)(F)F)C3=O)c2)COC1. The molecule has 0 saturated carbocycles. The summed E-state index contributed by atoms with van der Waals surface area (Å²) < 4.78 is 50.6. The number of nitrogens with zero attached hydrogens (tertiary/aromatic N) is 6. The lowest BCUT2D eigenvalue weighted by Gasteiger charge is -2.42. The second-order valence-electron chi connectivity index (χ2n) is 11.5. The summed E-state index contributed by atoms with van der Waals surface area (Å²) in [5.41, 5.74) is 1.17. The normalized spacial score (nSPS) is 22.4. The van der Waals surface area contributed by atoms with Crippen LogP contribution >= 0.6 is 0 Å². The van der Waals surface area contributed by atoms with E-state index in [9.17, 15) is 18.0 Å². The maximum atomic E-state index is 14.4. The van der Waals surface area contributed by atoms with E-state index in [1.165, 1.54) is 11.0 Å². The topological polar surface area (TPSA) is 66.7 Å². The smallest absolute Gasteiger partial charge is 0.379 e. The number of carbonyl (C=O) groups excluding carboxylic acids is 1. The number of benzene rings is 2. The van der Waals surface area contributed by atoms with E-state index in [1.807, 2.05) is 34.7 Å². The fourth-order valence-electron chi connectivity index (χ4n) is 6.76. The molecule has 3 aromatic rings. The summed E-state index contributed by atoms with van der Waals surface area (Å²) >= 11 is 0. The summed E-state index contributed by atoms with van der Waals surface area (Å²) in [7, 11) is 1.89. The standard InChI is InChI=1S/C29H31F3N6O2/c1-35-18-33-34-26(35)13-28(16-40-17-28)19-4-2-5-20(10-19)38-15-24-23(27(38)39)11-22(12-25(24)29(30,31)32)37-9-8-36-7-3-6-21(36)14-37/h2,4-5,10-12,18,21H,3,6-9,13-17H2,1H3/t21-/m1/s1. The van der Waals surface area contributed by atoms with Gasteiger partial charge in [-0.15, -0.1) is 10.2 Å². The van der Waals surface area contributed by atoms with E-state index in [0.29, 0.717) is 50.1 Å². The number of hydrogen-bond donors (Lipinski definition) is 0. The highest BCUT2D eigenvalue weighted by atomic mass is 19.4. The van der Waals surface area contributed by atoms with Gasteiger partial charge in [0.2, 0.25) is 0 Å². The maximum Gasteiger partial charge on any atom is 0.416 e. The zero-order valence-corrected chi connectivity index (χ0v) is 22.3. The number of alkyl halides is 3. The van der Waals surface area contributed by atoms with Crippen LogP contribution in [0, 0.1) is 0 Å². The van der Waals surface area contributed by atoms with Gasteiger partial charge < -0.3 is 19.1 Å². The molecule has 3 fully saturated rings. The Morgan fingerprint density at radius 3 is 2.67 bits per heavy atom. The molecule has 3 saturated heterocycles. The van der Waals surface area contributed by atoms with Crippen LogP contribution in [0.4, 0.5) is 24.5 Å². The van der Waals surface area contributed by atoms with Crippen molar-refractivity contribution in [3.63, 3.8) is 0 Å². The highest BCUT2D eigenvalue weighted by Crippen LogP contribution is 2.43. The van der Waals surface area contributed by atoms with E-state index in [4.69, 9.17) is 4.74 Å². The Balaban J connectivity index is 1.21. The fraction of sp³-hybridized carbons (Fsp3) is 0.483. The lowest BCUT2D eigenvalue weighted by molar-refractivity contribution is -0.138. The van der Waals surface area contributed by atoms with Crippen molar-refractivity contribution in [2.24, 2.45) is 7.05 Å². The number of hydrogen-bond acceptors (Lipinski definition) is 6. The van der Waals surface area contributed by atoms with Crippen LogP contribution in [0.15, 0.2) is 42.7 Å². The van der Waals surface area contributed by atoms with E-state index in [0.717, 1.165) is 37.3 Å². The predicted octanol–water partition coefficient (Wildman–Crippen LogP) is 3.79. The highest BCUT2D eigenvalue weighted by Gasteiger charge is 2.44. The molecule has 40 heavy (non-hydrogen) atoms. The Labute approximate surface area is 230 Å². The van der Waals surface area contributed by atoms with E-state index in [-0.39, 0.29) is 23.1 Å². The van der Waals surface area contributed by atoms with Gasteiger partial charge in [-0.25, -0.2) is 0 Å². The number of aryl methyl sites for hydroxylation is 1. The average molecular weight is 553 g/mol. The Bertz CT molecular complexity index is 1470. The van der Waals surface area contributed by atoms with E-state index >= 15 is 0 Å². The van der Waals surface area contributed by atoms with Crippen molar-refractivity contribution in [3.05, 3.63) is 70.8 Å². The Morgan fingerprint density at radius 2 is 1.95 bits per heavy atom. The van der Waals surface area contributed by atoms with Crippen molar-refractivity contribution in [3.8, 4) is 0 Å². The molecule has 11 heteroatoms.